The van der Waals surface area contributed by atoms with Crippen molar-refractivity contribution >= 4 is 45.6 Å². The van der Waals surface area contributed by atoms with Gasteiger partial charge in [-0.05, 0) is 44.2 Å². The summed E-state index contributed by atoms with van der Waals surface area (Å²) in [4.78, 5) is 41.7. The van der Waals surface area contributed by atoms with Crippen LogP contribution in [0.1, 0.15) is 30.7 Å². The Balaban J connectivity index is 1.25. The van der Waals surface area contributed by atoms with Crippen molar-refractivity contribution in [3.05, 3.63) is 71.0 Å². The molecule has 36 heavy (non-hydrogen) atoms. The summed E-state index contributed by atoms with van der Waals surface area (Å²) in [5.74, 6) is -0.201. The third-order valence-corrected chi connectivity index (χ3v) is 7.17. The van der Waals surface area contributed by atoms with E-state index in [0.717, 1.165) is 28.6 Å². The first-order chi connectivity index (χ1) is 17.2. The molecule has 5 rings (SSSR count). The lowest BCUT2D eigenvalue weighted by Gasteiger charge is -2.23. The maximum Gasteiger partial charge on any atom is 0.288 e. The molecule has 186 valence electrons. The second-order valence-corrected chi connectivity index (χ2v) is 10.1. The molecule has 0 atom stereocenters. The molecule has 8 nitrogen and oxygen atoms in total. The van der Waals surface area contributed by atoms with Crippen LogP contribution in [-0.2, 0) is 20.7 Å². The summed E-state index contributed by atoms with van der Waals surface area (Å²) in [5.41, 5.74) is 3.43. The van der Waals surface area contributed by atoms with Crippen molar-refractivity contribution in [3.8, 4) is 0 Å². The van der Waals surface area contributed by atoms with Gasteiger partial charge in [-0.2, -0.15) is 0 Å². The van der Waals surface area contributed by atoms with E-state index in [1.807, 2.05) is 32.1 Å². The number of aromatic nitrogens is 1. The van der Waals surface area contributed by atoms with Gasteiger partial charge in [-0.1, -0.05) is 17.8 Å². The molecule has 2 aromatic rings. The van der Waals surface area contributed by atoms with E-state index >= 15 is 0 Å². The summed E-state index contributed by atoms with van der Waals surface area (Å²) in [7, 11) is 0. The standard InChI is InChI=1S/C26H25FN4O4S/c1-26(2)19(12-21(35-26)23-18-6-4-16(27)11-20(18)30-24(23)33)15-3-5-17(29-13-15)7-8-28-9-10-31-22(32)14-36-25(31)34/h3-6,11-13,28H,7-10,14H2,1-2H3,(H,30,33)/b23-21+. The van der Waals surface area contributed by atoms with Crippen LogP contribution in [-0.4, -0.2) is 57.9 Å². The van der Waals surface area contributed by atoms with E-state index in [0.29, 0.717) is 48.6 Å². The van der Waals surface area contributed by atoms with Gasteiger partial charge in [0.25, 0.3) is 11.1 Å². The lowest BCUT2D eigenvalue weighted by molar-refractivity contribution is -0.124. The second kappa shape index (κ2) is 9.51. The smallest absolute Gasteiger partial charge is 0.288 e. The van der Waals surface area contributed by atoms with Gasteiger partial charge in [-0.25, -0.2) is 4.39 Å². The number of hydrogen-bond acceptors (Lipinski definition) is 7. The fourth-order valence-electron chi connectivity index (χ4n) is 4.47. The minimum atomic E-state index is -0.682. The lowest BCUT2D eigenvalue weighted by atomic mass is 9.93. The SMILES string of the molecule is CC1(C)O/C(=C2/C(=O)Nc3cc(F)ccc32)C=C1c1ccc(CCNCCN2C(=O)CSC2=O)nc1. The fraction of sp³-hybridized carbons (Fsp3) is 0.308. The number of rotatable bonds is 7. The topological polar surface area (TPSA) is 101 Å². The summed E-state index contributed by atoms with van der Waals surface area (Å²) >= 11 is 1.04. The number of halogens is 1. The van der Waals surface area contributed by atoms with Crippen molar-refractivity contribution in [1.82, 2.24) is 15.2 Å². The Morgan fingerprint density at radius 3 is 2.75 bits per heavy atom. The first-order valence-corrected chi connectivity index (χ1v) is 12.6. The highest BCUT2D eigenvalue weighted by molar-refractivity contribution is 8.14. The molecule has 0 saturated carbocycles. The molecule has 1 fully saturated rings. The van der Waals surface area contributed by atoms with Gasteiger partial charge in [0.05, 0.1) is 17.0 Å². The van der Waals surface area contributed by atoms with Crippen LogP contribution in [0.25, 0.3) is 11.1 Å². The Labute approximate surface area is 212 Å². The van der Waals surface area contributed by atoms with Crippen LogP contribution < -0.4 is 10.6 Å². The fourth-order valence-corrected chi connectivity index (χ4v) is 5.22. The van der Waals surface area contributed by atoms with Gasteiger partial charge < -0.3 is 15.4 Å². The van der Waals surface area contributed by atoms with Crippen molar-refractivity contribution in [2.24, 2.45) is 0 Å². The van der Waals surface area contributed by atoms with Crippen LogP contribution in [0.5, 0.6) is 0 Å². The van der Waals surface area contributed by atoms with Crippen LogP contribution in [0.4, 0.5) is 14.9 Å². The Hall–Kier alpha value is -3.50. The summed E-state index contributed by atoms with van der Waals surface area (Å²) in [5, 5.41) is 5.76. The number of amides is 3. The van der Waals surface area contributed by atoms with Crippen LogP contribution in [0.2, 0.25) is 0 Å². The summed E-state index contributed by atoms with van der Waals surface area (Å²) in [6.45, 7) is 5.43. The maximum absolute atomic E-state index is 13.6. The molecule has 1 aromatic carbocycles. The Kier molecular flexibility index (Phi) is 6.40. The van der Waals surface area contributed by atoms with Gasteiger partial charge in [-0.3, -0.25) is 24.3 Å². The molecule has 0 radical (unpaired) electrons. The zero-order valence-corrected chi connectivity index (χ0v) is 20.7. The molecule has 3 aliphatic heterocycles. The van der Waals surface area contributed by atoms with E-state index in [4.69, 9.17) is 4.74 Å². The lowest BCUT2D eigenvalue weighted by Crippen LogP contribution is -2.36. The predicted molar refractivity (Wildman–Crippen MR) is 135 cm³/mol. The number of hydrogen-bond donors (Lipinski definition) is 2. The highest BCUT2D eigenvalue weighted by Crippen LogP contribution is 2.44. The first kappa shape index (κ1) is 24.2. The van der Waals surface area contributed by atoms with Crippen LogP contribution in [0.3, 0.4) is 0 Å². The Morgan fingerprint density at radius 1 is 1.19 bits per heavy atom. The number of carbonyl (C=O) groups is 3. The largest absolute Gasteiger partial charge is 0.482 e. The number of pyridine rings is 1. The number of carbonyl (C=O) groups excluding carboxylic acids is 3. The molecule has 2 N–H and O–H groups in total. The molecule has 1 saturated heterocycles. The number of imide groups is 1. The molecule has 0 unspecified atom stereocenters. The molecule has 3 amide bonds. The van der Waals surface area contributed by atoms with E-state index in [1.54, 1.807) is 12.3 Å². The number of ether oxygens (including phenoxy) is 1. The van der Waals surface area contributed by atoms with Crippen molar-refractivity contribution < 1.29 is 23.5 Å². The highest BCUT2D eigenvalue weighted by Gasteiger charge is 2.38. The van der Waals surface area contributed by atoms with Gasteiger partial charge in [-0.15, -0.1) is 0 Å². The van der Waals surface area contributed by atoms with E-state index in [-0.39, 0.29) is 22.8 Å². The number of nitrogens with zero attached hydrogens (tertiary/aromatic N) is 2. The number of fused-ring (bicyclic) bond motifs is 1. The number of allylic oxidation sites excluding steroid dienone is 1. The Morgan fingerprint density at radius 2 is 2.03 bits per heavy atom. The zero-order chi connectivity index (χ0) is 25.4. The number of anilines is 1. The van der Waals surface area contributed by atoms with E-state index in [9.17, 15) is 18.8 Å². The molecule has 0 spiro atoms. The first-order valence-electron chi connectivity index (χ1n) is 11.6. The monoisotopic (exact) mass is 508 g/mol. The quantitative estimate of drug-likeness (QED) is 0.435. The van der Waals surface area contributed by atoms with Crippen LogP contribution in [0.15, 0.2) is 48.4 Å². The third-order valence-electron chi connectivity index (χ3n) is 6.31. The van der Waals surface area contributed by atoms with E-state index < -0.39 is 11.4 Å². The molecular formula is C26H25FN4O4S. The van der Waals surface area contributed by atoms with Crippen LogP contribution in [0, 0.1) is 5.82 Å². The van der Waals surface area contributed by atoms with Gasteiger partial charge in [0.2, 0.25) is 5.91 Å². The van der Waals surface area contributed by atoms with Crippen LogP contribution >= 0.6 is 11.8 Å². The van der Waals surface area contributed by atoms with Crippen molar-refractivity contribution in [1.29, 1.82) is 0 Å². The van der Waals surface area contributed by atoms with Crippen molar-refractivity contribution in [2.45, 2.75) is 25.9 Å². The molecule has 1 aromatic heterocycles. The van der Waals surface area contributed by atoms with Gasteiger partial charge in [0.15, 0.2) is 0 Å². The second-order valence-electron chi connectivity index (χ2n) is 9.19. The average molecular weight is 509 g/mol. The zero-order valence-electron chi connectivity index (χ0n) is 19.9. The van der Waals surface area contributed by atoms with Gasteiger partial charge in [0, 0.05) is 54.6 Å². The number of thioether (sulfide) groups is 1. The van der Waals surface area contributed by atoms with E-state index in [2.05, 4.69) is 15.6 Å². The number of nitrogens with one attached hydrogen (secondary N) is 2. The van der Waals surface area contributed by atoms with Gasteiger partial charge >= 0.3 is 0 Å². The summed E-state index contributed by atoms with van der Waals surface area (Å²) < 4.78 is 19.8. The minimum absolute atomic E-state index is 0.136. The minimum Gasteiger partial charge on any atom is -0.482 e. The van der Waals surface area contributed by atoms with Crippen molar-refractivity contribution in [2.75, 3.05) is 30.7 Å². The molecule has 3 aliphatic rings. The average Bonchev–Trinajstić information content (AvgIpc) is 3.45. The summed E-state index contributed by atoms with van der Waals surface area (Å²) in [6, 6.07) is 8.13. The molecule has 10 heteroatoms. The molecule has 0 aliphatic carbocycles. The van der Waals surface area contributed by atoms with Crippen molar-refractivity contribution in [3.63, 3.8) is 0 Å². The third kappa shape index (κ3) is 4.66. The molecule has 4 heterocycles. The summed E-state index contributed by atoms with van der Waals surface area (Å²) in [6.07, 6.45) is 4.33. The predicted octanol–water partition coefficient (Wildman–Crippen LogP) is 3.60. The van der Waals surface area contributed by atoms with E-state index in [1.165, 1.54) is 17.0 Å². The van der Waals surface area contributed by atoms with Gasteiger partial charge in [0.1, 0.15) is 17.2 Å². The number of benzene rings is 1. The highest BCUT2D eigenvalue weighted by atomic mass is 32.2. The Bertz CT molecular complexity index is 1300. The maximum atomic E-state index is 13.6. The normalized spacial score (nSPS) is 20.5. The molecule has 0 bridgehead atoms. The molecular weight excluding hydrogens is 483 g/mol.